The molecule has 0 amide bonds. The fourth-order valence-electron chi connectivity index (χ4n) is 2.14. The third kappa shape index (κ3) is 2.94. The Morgan fingerprint density at radius 2 is 1.90 bits per heavy atom. The molecule has 6 nitrogen and oxygen atoms in total. The summed E-state index contributed by atoms with van der Waals surface area (Å²) in [4.78, 5) is 23.1. The zero-order valence-electron chi connectivity index (χ0n) is 12.4. The van der Waals surface area contributed by atoms with E-state index in [1.165, 1.54) is 21.1 Å². The first kappa shape index (κ1) is 15.2. The van der Waals surface area contributed by atoms with Crippen molar-refractivity contribution >= 4 is 17.4 Å². The second kappa shape index (κ2) is 5.63. The van der Waals surface area contributed by atoms with Crippen LogP contribution in [0.25, 0.3) is 0 Å². The van der Waals surface area contributed by atoms with Gasteiger partial charge in [0.25, 0.3) is 0 Å². The highest BCUT2D eigenvalue weighted by molar-refractivity contribution is 6.00. The van der Waals surface area contributed by atoms with Crippen molar-refractivity contribution in [2.45, 2.75) is 19.8 Å². The molecular weight excluding hydrogens is 274 g/mol. The van der Waals surface area contributed by atoms with Gasteiger partial charge in [0.15, 0.2) is 17.3 Å². The third-order valence-corrected chi connectivity index (χ3v) is 3.69. The largest absolute Gasteiger partial charge is 0.493 e. The summed E-state index contributed by atoms with van der Waals surface area (Å²) in [6.45, 7) is 1.64. The summed E-state index contributed by atoms with van der Waals surface area (Å²) in [5.74, 6) is 0.408. The molecule has 2 rings (SSSR count). The molecule has 1 aliphatic rings. The van der Waals surface area contributed by atoms with Crippen LogP contribution in [0.4, 0.5) is 5.69 Å². The average Bonchev–Trinajstić information content (AvgIpc) is 3.25. The zero-order chi connectivity index (χ0) is 15.6. The van der Waals surface area contributed by atoms with Gasteiger partial charge in [-0.05, 0) is 25.8 Å². The van der Waals surface area contributed by atoms with Gasteiger partial charge >= 0.3 is 5.97 Å². The van der Waals surface area contributed by atoms with Crippen molar-refractivity contribution in [3.05, 3.63) is 17.7 Å². The lowest BCUT2D eigenvalue weighted by molar-refractivity contribution is -0.148. The number of carbonyl (C=O) groups excluding carboxylic acids is 2. The number of ether oxygens (including phenoxy) is 3. The van der Waals surface area contributed by atoms with Gasteiger partial charge in [0.05, 0.1) is 14.2 Å². The first-order chi connectivity index (χ1) is 9.93. The van der Waals surface area contributed by atoms with Crippen molar-refractivity contribution in [3.63, 3.8) is 0 Å². The monoisotopic (exact) mass is 293 g/mol. The van der Waals surface area contributed by atoms with Gasteiger partial charge < -0.3 is 19.9 Å². The number of nitrogen functional groups attached to an aromatic ring is 1. The molecule has 1 aliphatic carbocycles. The van der Waals surface area contributed by atoms with Gasteiger partial charge in [0.2, 0.25) is 0 Å². The topological polar surface area (TPSA) is 87.9 Å². The highest BCUT2D eigenvalue weighted by Crippen LogP contribution is 2.47. The maximum Gasteiger partial charge on any atom is 0.315 e. The van der Waals surface area contributed by atoms with E-state index in [4.69, 9.17) is 19.9 Å². The lowest BCUT2D eigenvalue weighted by Crippen LogP contribution is -2.24. The molecule has 0 saturated heterocycles. The number of benzene rings is 1. The van der Waals surface area contributed by atoms with Crippen LogP contribution in [-0.4, -0.2) is 32.6 Å². The van der Waals surface area contributed by atoms with Crippen LogP contribution >= 0.6 is 0 Å². The molecule has 2 N–H and O–H groups in total. The normalized spacial score (nSPS) is 15.2. The minimum Gasteiger partial charge on any atom is -0.493 e. The quantitative estimate of drug-likeness (QED) is 0.489. The first-order valence-electron chi connectivity index (χ1n) is 6.63. The third-order valence-electron chi connectivity index (χ3n) is 3.69. The van der Waals surface area contributed by atoms with Crippen LogP contribution in [0.1, 0.15) is 30.1 Å². The van der Waals surface area contributed by atoms with Gasteiger partial charge in [0, 0.05) is 17.3 Å². The second-order valence-corrected chi connectivity index (χ2v) is 5.21. The second-order valence-electron chi connectivity index (χ2n) is 5.21. The molecule has 114 valence electrons. The van der Waals surface area contributed by atoms with Crippen molar-refractivity contribution < 1.29 is 23.8 Å². The number of nitrogens with two attached hydrogens (primary N) is 1. The summed E-state index contributed by atoms with van der Waals surface area (Å²) in [6, 6.07) is 3.09. The van der Waals surface area contributed by atoms with E-state index in [-0.39, 0.29) is 18.4 Å². The number of anilines is 1. The van der Waals surface area contributed by atoms with Gasteiger partial charge in [-0.2, -0.15) is 0 Å². The van der Waals surface area contributed by atoms with E-state index < -0.39 is 5.41 Å². The standard InChI is InChI=1S/C15H19NO5/c1-9(17)10-6-12(19-2)13(7-11(10)16)21-8-15(4-5-15)14(18)20-3/h6-7H,4-5,8,16H2,1-3H3. The van der Waals surface area contributed by atoms with E-state index in [9.17, 15) is 9.59 Å². The Hall–Kier alpha value is -2.24. The van der Waals surface area contributed by atoms with Crippen LogP contribution in [0, 0.1) is 5.41 Å². The Bertz CT molecular complexity index is 578. The van der Waals surface area contributed by atoms with Crippen molar-refractivity contribution in [1.29, 1.82) is 0 Å². The van der Waals surface area contributed by atoms with Crippen molar-refractivity contribution in [3.8, 4) is 11.5 Å². The van der Waals surface area contributed by atoms with Gasteiger partial charge in [0.1, 0.15) is 12.0 Å². The first-order valence-corrected chi connectivity index (χ1v) is 6.63. The number of hydrogen-bond acceptors (Lipinski definition) is 6. The Morgan fingerprint density at radius 1 is 1.24 bits per heavy atom. The smallest absolute Gasteiger partial charge is 0.315 e. The molecule has 0 unspecified atom stereocenters. The fraction of sp³-hybridized carbons (Fsp3) is 0.467. The summed E-state index contributed by atoms with van der Waals surface area (Å²) >= 11 is 0. The lowest BCUT2D eigenvalue weighted by atomic mass is 10.1. The van der Waals surface area contributed by atoms with E-state index in [1.54, 1.807) is 12.1 Å². The fourth-order valence-corrected chi connectivity index (χ4v) is 2.14. The Morgan fingerprint density at radius 3 is 2.38 bits per heavy atom. The molecule has 1 aromatic rings. The van der Waals surface area contributed by atoms with E-state index in [0.29, 0.717) is 22.7 Å². The van der Waals surface area contributed by atoms with Crippen molar-refractivity contribution in [2.75, 3.05) is 26.6 Å². The summed E-state index contributed by atoms with van der Waals surface area (Å²) < 4.78 is 15.7. The highest BCUT2D eigenvalue weighted by atomic mass is 16.5. The van der Waals surface area contributed by atoms with Gasteiger partial charge in [-0.3, -0.25) is 9.59 Å². The molecule has 0 spiro atoms. The molecule has 0 bridgehead atoms. The van der Waals surface area contributed by atoms with Gasteiger partial charge in [-0.1, -0.05) is 0 Å². The van der Waals surface area contributed by atoms with Crippen molar-refractivity contribution in [1.82, 2.24) is 0 Å². The number of rotatable bonds is 6. The Kier molecular flexibility index (Phi) is 4.06. The SMILES string of the molecule is COC(=O)C1(COc2cc(N)c(C(C)=O)cc2OC)CC1. The minimum atomic E-state index is -0.562. The molecule has 1 fully saturated rings. The predicted octanol–water partition coefficient (Wildman–Crippen LogP) is 1.81. The maximum atomic E-state index is 11.7. The molecule has 1 saturated carbocycles. The number of carbonyl (C=O) groups is 2. The molecule has 0 radical (unpaired) electrons. The van der Waals surface area contributed by atoms with E-state index in [2.05, 4.69) is 0 Å². The number of Topliss-reactive ketones (excluding diaryl/α,β-unsaturated/α-hetero) is 1. The van der Waals surface area contributed by atoms with Crippen LogP contribution in [-0.2, 0) is 9.53 Å². The van der Waals surface area contributed by atoms with Crippen LogP contribution in [0.5, 0.6) is 11.5 Å². The van der Waals surface area contributed by atoms with E-state index >= 15 is 0 Å². The summed E-state index contributed by atoms with van der Waals surface area (Å²) in [7, 11) is 2.85. The molecule has 0 aromatic heterocycles. The lowest BCUT2D eigenvalue weighted by Gasteiger charge is -2.17. The number of hydrogen-bond donors (Lipinski definition) is 1. The molecule has 0 aliphatic heterocycles. The van der Waals surface area contributed by atoms with Crippen LogP contribution in [0.3, 0.4) is 0 Å². The van der Waals surface area contributed by atoms with Crippen LogP contribution in [0.2, 0.25) is 0 Å². The molecular formula is C15H19NO5. The molecule has 0 heterocycles. The summed E-state index contributed by atoms with van der Waals surface area (Å²) in [5.41, 5.74) is 5.98. The van der Waals surface area contributed by atoms with E-state index in [0.717, 1.165) is 12.8 Å². The number of esters is 1. The predicted molar refractivity (Wildman–Crippen MR) is 76.6 cm³/mol. The minimum absolute atomic E-state index is 0.148. The Balaban J connectivity index is 2.19. The number of ketones is 1. The van der Waals surface area contributed by atoms with E-state index in [1.807, 2.05) is 0 Å². The molecule has 1 aromatic carbocycles. The van der Waals surface area contributed by atoms with Gasteiger partial charge in [-0.15, -0.1) is 0 Å². The summed E-state index contributed by atoms with van der Waals surface area (Å²) in [5, 5.41) is 0. The van der Waals surface area contributed by atoms with Gasteiger partial charge in [-0.25, -0.2) is 0 Å². The molecule has 21 heavy (non-hydrogen) atoms. The Labute approximate surface area is 123 Å². The summed E-state index contributed by atoms with van der Waals surface area (Å²) in [6.07, 6.45) is 1.48. The molecule has 6 heteroatoms. The zero-order valence-corrected chi connectivity index (χ0v) is 12.4. The average molecular weight is 293 g/mol. The number of methoxy groups -OCH3 is 2. The van der Waals surface area contributed by atoms with Crippen LogP contribution in [0.15, 0.2) is 12.1 Å². The highest BCUT2D eigenvalue weighted by Gasteiger charge is 2.52. The molecule has 0 atom stereocenters. The van der Waals surface area contributed by atoms with Crippen LogP contribution < -0.4 is 15.2 Å². The maximum absolute atomic E-state index is 11.7. The van der Waals surface area contributed by atoms with Crippen molar-refractivity contribution in [2.24, 2.45) is 5.41 Å².